The molecule has 5 rings (SSSR count). The highest BCUT2D eigenvalue weighted by Crippen LogP contribution is 2.50. The molecule has 2 aromatic carbocycles. The Kier molecular flexibility index (Phi) is 13.5. The molecule has 3 aromatic rings. The van der Waals surface area contributed by atoms with Crippen molar-refractivity contribution in [1.82, 2.24) is 14.8 Å². The van der Waals surface area contributed by atoms with E-state index in [1.807, 2.05) is 49.1 Å². The monoisotopic (exact) mass is 784 g/mol. The van der Waals surface area contributed by atoms with E-state index in [9.17, 15) is 4.79 Å². The van der Waals surface area contributed by atoms with Gasteiger partial charge in [0.1, 0.15) is 6.10 Å². The zero-order valence-corrected chi connectivity index (χ0v) is 36.5. The number of nitrogens with zero attached hydrogens (tertiary/aromatic N) is 6. The summed E-state index contributed by atoms with van der Waals surface area (Å²) in [5.41, 5.74) is 10.4. The molecule has 304 valence electrons. The predicted octanol–water partition coefficient (Wildman–Crippen LogP) is 8.93. The SMILES string of the molecule is CS(=O)[O-].[C-]#[N+]C1C(=Nc2ccc(N(CC)C(=C)N)cc2C)n2nc(-c3ccc(C(C)(C)C)cc3)nc2C1C(=O)OC1C(C(C)(C)C)CC(C)CC1C(C)(C)C. The van der Waals surface area contributed by atoms with Gasteiger partial charge in [0.2, 0.25) is 5.84 Å². The first-order valence-corrected chi connectivity index (χ1v) is 20.9. The average molecular weight is 785 g/mol. The molecule has 12 heteroatoms. The molecule has 56 heavy (non-hydrogen) atoms. The standard InChI is InChI=1S/C43H59N7O2.CH4O2S/c1-15-49(27(4)44)30-20-21-33(26(3)24-30)46-39-35(45-14)34(38-47-37(48-50(38)39)28-16-18-29(19-17-28)41(5,6)7)40(51)52-36-31(42(8,9)10)22-25(2)23-32(36)43(11,12)13;1-4(2)3/h16-21,24-25,31-32,34-36H,4,15,22-23,44H2,1-3,5-13H3;1H3,(H,2,3)/p-1. The highest BCUT2D eigenvalue weighted by molar-refractivity contribution is 7.78. The van der Waals surface area contributed by atoms with Crippen molar-refractivity contribution in [1.29, 1.82) is 0 Å². The molecule has 2 heterocycles. The number of fused-ring (bicyclic) bond motifs is 1. The van der Waals surface area contributed by atoms with Gasteiger partial charge < -0.3 is 24.8 Å². The molecular weight excluding hydrogens is 723 g/mol. The Bertz CT molecular complexity index is 1960. The van der Waals surface area contributed by atoms with Gasteiger partial charge in [-0.15, -0.1) is 5.10 Å². The van der Waals surface area contributed by atoms with Crippen LogP contribution in [0.3, 0.4) is 0 Å². The molecule has 1 saturated carbocycles. The van der Waals surface area contributed by atoms with Crippen molar-refractivity contribution in [3.05, 3.63) is 83.2 Å². The zero-order valence-electron chi connectivity index (χ0n) is 35.6. The van der Waals surface area contributed by atoms with Gasteiger partial charge in [0.25, 0.3) is 0 Å². The van der Waals surface area contributed by atoms with Gasteiger partial charge in [-0.25, -0.2) is 16.5 Å². The molecule has 5 atom stereocenters. The Labute approximate surface area is 337 Å². The minimum absolute atomic E-state index is 0.00878. The summed E-state index contributed by atoms with van der Waals surface area (Å²) in [7, 11) is 0. The summed E-state index contributed by atoms with van der Waals surface area (Å²) in [6.45, 7) is 39.3. The molecule has 0 bridgehead atoms. The van der Waals surface area contributed by atoms with Crippen LogP contribution in [0.2, 0.25) is 0 Å². The van der Waals surface area contributed by atoms with E-state index in [1.165, 1.54) is 5.56 Å². The van der Waals surface area contributed by atoms with Gasteiger partial charge in [0.05, 0.1) is 11.5 Å². The van der Waals surface area contributed by atoms with Gasteiger partial charge in [0.15, 0.2) is 17.6 Å². The summed E-state index contributed by atoms with van der Waals surface area (Å²) in [6, 6.07) is 13.1. The number of esters is 1. The topological polar surface area (TPSA) is 143 Å². The zero-order chi connectivity index (χ0) is 42.1. The number of ether oxygens (including phenoxy) is 1. The Morgan fingerprint density at radius 3 is 2.07 bits per heavy atom. The van der Waals surface area contributed by atoms with Crippen LogP contribution in [0.4, 0.5) is 11.4 Å². The minimum Gasteiger partial charge on any atom is -0.773 e. The second-order valence-electron chi connectivity index (χ2n) is 18.6. The van der Waals surface area contributed by atoms with E-state index < -0.39 is 29.0 Å². The number of hydrogen-bond acceptors (Lipinski definition) is 9. The van der Waals surface area contributed by atoms with Crippen molar-refractivity contribution in [2.45, 2.75) is 119 Å². The highest BCUT2D eigenvalue weighted by Gasteiger charge is 2.55. The Morgan fingerprint density at radius 1 is 1.07 bits per heavy atom. The Balaban J connectivity index is 0.00000166. The summed E-state index contributed by atoms with van der Waals surface area (Å²) in [5, 5.41) is 4.93. The third-order valence-electron chi connectivity index (χ3n) is 11.1. The number of nitrogens with two attached hydrogens (primary N) is 1. The van der Waals surface area contributed by atoms with Gasteiger partial charge in [-0.05, 0) is 84.4 Å². The molecule has 1 fully saturated rings. The number of carbonyl (C=O) groups is 1. The maximum absolute atomic E-state index is 14.7. The molecule has 0 amide bonds. The van der Waals surface area contributed by atoms with Crippen LogP contribution in [-0.2, 0) is 26.0 Å². The van der Waals surface area contributed by atoms with E-state index in [1.54, 1.807) is 4.68 Å². The fourth-order valence-corrected chi connectivity index (χ4v) is 8.02. The van der Waals surface area contributed by atoms with Gasteiger partial charge in [-0.1, -0.05) is 111 Å². The van der Waals surface area contributed by atoms with Crippen molar-refractivity contribution >= 4 is 34.3 Å². The molecule has 11 nitrogen and oxygen atoms in total. The molecule has 1 aromatic heterocycles. The molecule has 2 aliphatic rings. The van der Waals surface area contributed by atoms with E-state index >= 15 is 0 Å². The smallest absolute Gasteiger partial charge is 0.325 e. The summed E-state index contributed by atoms with van der Waals surface area (Å²) >= 11 is -1.86. The number of rotatable bonds is 7. The van der Waals surface area contributed by atoms with Gasteiger partial charge in [0, 0.05) is 29.6 Å². The van der Waals surface area contributed by atoms with Gasteiger partial charge in [-0.2, -0.15) is 4.68 Å². The van der Waals surface area contributed by atoms with Crippen LogP contribution >= 0.6 is 0 Å². The van der Waals surface area contributed by atoms with Crippen LogP contribution in [0.5, 0.6) is 0 Å². The Hall–Kier alpha value is -4.34. The quantitative estimate of drug-likeness (QED) is 0.142. The Morgan fingerprint density at radius 2 is 1.62 bits per heavy atom. The second kappa shape index (κ2) is 17.0. The van der Waals surface area contributed by atoms with E-state index in [0.717, 1.165) is 35.9 Å². The normalized spacial score (nSPS) is 23.7. The van der Waals surface area contributed by atoms with Gasteiger partial charge in [-0.3, -0.25) is 9.00 Å². The largest absolute Gasteiger partial charge is 0.773 e. The highest BCUT2D eigenvalue weighted by atomic mass is 32.2. The number of aromatic nitrogens is 3. The van der Waals surface area contributed by atoms with E-state index in [4.69, 9.17) is 40.9 Å². The maximum Gasteiger partial charge on any atom is 0.325 e. The van der Waals surface area contributed by atoms with Crippen LogP contribution in [0.25, 0.3) is 16.2 Å². The lowest BCUT2D eigenvalue weighted by molar-refractivity contribution is -0.171. The molecule has 0 saturated heterocycles. The molecule has 1 aliphatic carbocycles. The van der Waals surface area contributed by atoms with Crippen LogP contribution in [0.1, 0.15) is 112 Å². The fraction of sp³-hybridized carbons (Fsp3) is 0.568. The van der Waals surface area contributed by atoms with Crippen molar-refractivity contribution in [2.75, 3.05) is 17.7 Å². The molecule has 5 unspecified atom stereocenters. The number of aryl methyl sites for hydroxylation is 1. The lowest BCUT2D eigenvalue weighted by atomic mass is 9.59. The minimum atomic E-state index is -1.86. The van der Waals surface area contributed by atoms with Crippen molar-refractivity contribution in [3.8, 4) is 11.4 Å². The number of hydrogen-bond donors (Lipinski definition) is 1. The maximum atomic E-state index is 14.7. The summed E-state index contributed by atoms with van der Waals surface area (Å²) in [4.78, 5) is 30.7. The summed E-state index contributed by atoms with van der Waals surface area (Å²) in [5.74, 6) is 1.09. The number of carbonyl (C=O) groups excluding carboxylic acids is 1. The van der Waals surface area contributed by atoms with Crippen LogP contribution in [0, 0.1) is 42.1 Å². The molecule has 1 aliphatic heterocycles. The molecule has 0 radical (unpaired) electrons. The number of benzene rings is 2. The molecule has 0 spiro atoms. The lowest BCUT2D eigenvalue weighted by Gasteiger charge is -2.50. The van der Waals surface area contributed by atoms with Crippen molar-refractivity contribution in [3.63, 3.8) is 0 Å². The first-order valence-electron chi connectivity index (χ1n) is 19.5. The van der Waals surface area contributed by atoms with Crippen molar-refractivity contribution in [2.24, 2.45) is 39.3 Å². The fourth-order valence-electron chi connectivity index (χ4n) is 8.02. The summed E-state index contributed by atoms with van der Waals surface area (Å²) in [6.07, 6.45) is 2.74. The van der Waals surface area contributed by atoms with Crippen LogP contribution < -0.4 is 10.6 Å². The number of anilines is 1. The molecule has 2 N–H and O–H groups in total. The van der Waals surface area contributed by atoms with Gasteiger partial charge >= 0.3 is 12.0 Å². The first-order chi connectivity index (χ1) is 25.9. The third-order valence-corrected chi connectivity index (χ3v) is 11.1. The second-order valence-corrected chi connectivity index (χ2v) is 19.4. The predicted molar refractivity (Wildman–Crippen MR) is 226 cm³/mol. The average Bonchev–Trinajstić information content (AvgIpc) is 3.62. The van der Waals surface area contributed by atoms with E-state index in [-0.39, 0.29) is 34.2 Å². The van der Waals surface area contributed by atoms with Crippen molar-refractivity contribution < 1.29 is 18.3 Å². The third kappa shape index (κ3) is 9.96. The number of aliphatic imine (C=N–C) groups is 1. The van der Waals surface area contributed by atoms with Crippen LogP contribution in [-0.4, -0.2) is 60.3 Å². The van der Waals surface area contributed by atoms with Crippen LogP contribution in [0.15, 0.2) is 59.9 Å². The first kappa shape index (κ1) is 44.4. The lowest BCUT2D eigenvalue weighted by Crippen LogP contribution is -2.50. The molecular formula is C44H62N7O4S-. The summed E-state index contributed by atoms with van der Waals surface area (Å²) < 4.78 is 26.3. The van der Waals surface area contributed by atoms with E-state index in [2.05, 4.69) is 92.8 Å². The van der Waals surface area contributed by atoms with E-state index in [0.29, 0.717) is 41.5 Å².